The molecule has 2 N–H and O–H groups in total. The Morgan fingerprint density at radius 1 is 1.35 bits per heavy atom. The van der Waals surface area contributed by atoms with Gasteiger partial charge in [-0.1, -0.05) is 19.3 Å². The Hall–Kier alpha value is -2.89. The number of imidazole rings is 1. The first-order valence-corrected chi connectivity index (χ1v) is 8.77. The largest absolute Gasteiger partial charge is 0.443 e. The number of hydrogen-bond acceptors (Lipinski definition) is 7. The van der Waals surface area contributed by atoms with E-state index in [9.17, 15) is 10.1 Å². The number of rotatable bonds is 3. The number of fused-ring (bicyclic) bond motifs is 1. The van der Waals surface area contributed by atoms with Crippen LogP contribution in [0, 0.1) is 11.3 Å². The molecule has 9 heteroatoms. The highest BCUT2D eigenvalue weighted by atomic mass is 16.6. The number of carbonyl (C=O) groups excluding carboxylic acids is 1. The number of carbonyl (C=O) groups is 1. The maximum absolute atomic E-state index is 12.4. The van der Waals surface area contributed by atoms with Gasteiger partial charge in [-0.05, 0) is 33.6 Å². The molecule has 0 aromatic heterocycles. The zero-order valence-electron chi connectivity index (χ0n) is 15.2. The fourth-order valence-electron chi connectivity index (χ4n) is 3.11. The minimum atomic E-state index is -0.614. The van der Waals surface area contributed by atoms with E-state index in [0.29, 0.717) is 17.3 Å². The number of ether oxygens (including phenoxy) is 1. The van der Waals surface area contributed by atoms with Crippen LogP contribution in [-0.4, -0.2) is 37.7 Å². The SMILES string of the molecule is CC(C)(C)OC(=O)NN(c1[nH]c(C#N)nc2ncnc1-2)C1CCCCC1. The monoisotopic (exact) mass is 357 g/mol. The fourth-order valence-corrected chi connectivity index (χ4v) is 3.11. The number of nitriles is 1. The van der Waals surface area contributed by atoms with E-state index in [1.165, 1.54) is 12.7 Å². The van der Waals surface area contributed by atoms with Crippen LogP contribution < -0.4 is 10.4 Å². The third-order valence-electron chi connectivity index (χ3n) is 4.15. The molecule has 1 aliphatic carbocycles. The predicted molar refractivity (Wildman–Crippen MR) is 94.2 cm³/mol. The molecule has 0 bridgehead atoms. The van der Waals surface area contributed by atoms with Gasteiger partial charge in [-0.25, -0.2) is 20.2 Å². The number of aromatic nitrogens is 4. The van der Waals surface area contributed by atoms with Crippen LogP contribution in [0.3, 0.4) is 0 Å². The van der Waals surface area contributed by atoms with Crippen molar-refractivity contribution in [3.8, 4) is 17.6 Å². The van der Waals surface area contributed by atoms with Crippen molar-refractivity contribution >= 4 is 11.9 Å². The number of amides is 1. The number of anilines is 1. The minimum absolute atomic E-state index is 0.0707. The molecule has 1 amide bonds. The molecule has 9 nitrogen and oxygen atoms in total. The van der Waals surface area contributed by atoms with Gasteiger partial charge in [0, 0.05) is 0 Å². The van der Waals surface area contributed by atoms with Crippen molar-refractivity contribution < 1.29 is 9.53 Å². The average Bonchev–Trinajstić information content (AvgIpc) is 3.06. The molecule has 0 unspecified atom stereocenters. The third kappa shape index (κ3) is 4.02. The molecule has 138 valence electrons. The molecule has 3 rings (SSSR count). The van der Waals surface area contributed by atoms with Gasteiger partial charge >= 0.3 is 6.09 Å². The Balaban J connectivity index is 1.97. The molecule has 0 aromatic carbocycles. The molecular weight excluding hydrogens is 334 g/mol. The van der Waals surface area contributed by atoms with Crippen molar-refractivity contribution in [1.29, 1.82) is 5.26 Å². The summed E-state index contributed by atoms with van der Waals surface area (Å²) in [4.78, 5) is 27.8. The van der Waals surface area contributed by atoms with Gasteiger partial charge in [-0.15, -0.1) is 0 Å². The first kappa shape index (κ1) is 17.9. The number of nitrogens with one attached hydrogen (secondary N) is 2. The van der Waals surface area contributed by atoms with Crippen molar-refractivity contribution in [2.45, 2.75) is 64.5 Å². The maximum atomic E-state index is 12.4. The van der Waals surface area contributed by atoms with Crippen LogP contribution in [0.1, 0.15) is 58.7 Å². The summed E-state index contributed by atoms with van der Waals surface area (Å²) in [5.74, 6) is 0.976. The quantitative estimate of drug-likeness (QED) is 0.810. The Morgan fingerprint density at radius 3 is 2.73 bits per heavy atom. The number of hydrazine groups is 1. The van der Waals surface area contributed by atoms with Gasteiger partial charge in [-0.2, -0.15) is 10.2 Å². The van der Waals surface area contributed by atoms with E-state index in [-0.39, 0.29) is 11.9 Å². The molecule has 0 spiro atoms. The van der Waals surface area contributed by atoms with E-state index < -0.39 is 11.7 Å². The molecular formula is C17H23N7O2. The van der Waals surface area contributed by atoms with Crippen molar-refractivity contribution in [3.05, 3.63) is 12.2 Å². The zero-order valence-corrected chi connectivity index (χ0v) is 15.2. The maximum Gasteiger partial charge on any atom is 0.426 e. The smallest absolute Gasteiger partial charge is 0.426 e. The van der Waals surface area contributed by atoms with Crippen LogP contribution in [-0.2, 0) is 4.74 Å². The van der Waals surface area contributed by atoms with E-state index in [1.54, 1.807) is 5.01 Å². The van der Waals surface area contributed by atoms with Crippen molar-refractivity contribution in [2.75, 3.05) is 5.01 Å². The van der Waals surface area contributed by atoms with Gasteiger partial charge in [0.25, 0.3) is 0 Å². The molecule has 0 saturated heterocycles. The van der Waals surface area contributed by atoms with Crippen molar-refractivity contribution in [2.24, 2.45) is 0 Å². The van der Waals surface area contributed by atoms with Gasteiger partial charge in [-0.3, -0.25) is 5.01 Å². The third-order valence-corrected chi connectivity index (χ3v) is 4.15. The second-order valence-corrected chi connectivity index (χ2v) is 7.37. The minimum Gasteiger partial charge on any atom is -0.443 e. The lowest BCUT2D eigenvalue weighted by Crippen LogP contribution is -2.51. The number of aromatic amines is 1. The number of nitrogens with zero attached hydrogens (tertiary/aromatic N) is 5. The van der Waals surface area contributed by atoms with Crippen LogP contribution in [0.2, 0.25) is 0 Å². The lowest BCUT2D eigenvalue weighted by atomic mass is 9.95. The Kier molecular flexibility index (Phi) is 4.93. The van der Waals surface area contributed by atoms with E-state index in [0.717, 1.165) is 25.7 Å². The highest BCUT2D eigenvalue weighted by Crippen LogP contribution is 2.31. The van der Waals surface area contributed by atoms with Crippen LogP contribution in [0.4, 0.5) is 10.6 Å². The van der Waals surface area contributed by atoms with E-state index in [2.05, 4.69) is 25.4 Å². The standard InChI is InChI=1S/C17H23N7O2/c1-17(2,3)26-16(25)23-24(11-7-5-4-6-8-11)15-13-14(20-10-19-13)21-12(9-18)22-15/h10-11H,4-8H2,1-3H3,(H,23,25)(H,19,20,21,22). The summed E-state index contributed by atoms with van der Waals surface area (Å²) in [6.07, 6.45) is 5.99. The average molecular weight is 357 g/mol. The van der Waals surface area contributed by atoms with Crippen molar-refractivity contribution in [1.82, 2.24) is 25.4 Å². The second-order valence-electron chi connectivity index (χ2n) is 7.37. The molecule has 3 aliphatic rings. The van der Waals surface area contributed by atoms with Gasteiger partial charge in [0.2, 0.25) is 5.82 Å². The van der Waals surface area contributed by atoms with E-state index >= 15 is 0 Å². The molecule has 0 radical (unpaired) electrons. The highest BCUT2D eigenvalue weighted by Gasteiger charge is 2.30. The van der Waals surface area contributed by atoms with Gasteiger partial charge in [0.15, 0.2) is 17.3 Å². The summed E-state index contributed by atoms with van der Waals surface area (Å²) in [6.45, 7) is 5.43. The summed E-state index contributed by atoms with van der Waals surface area (Å²) in [5.41, 5.74) is 2.72. The zero-order chi connectivity index (χ0) is 18.7. The highest BCUT2D eigenvalue weighted by molar-refractivity contribution is 5.74. The van der Waals surface area contributed by atoms with Crippen LogP contribution in [0.15, 0.2) is 6.33 Å². The van der Waals surface area contributed by atoms with E-state index in [1.807, 2.05) is 26.8 Å². The first-order chi connectivity index (χ1) is 12.4. The number of H-pyrrole nitrogens is 1. The molecule has 1 saturated carbocycles. The first-order valence-electron chi connectivity index (χ1n) is 8.77. The molecule has 2 aliphatic heterocycles. The summed E-state index contributed by atoms with van der Waals surface area (Å²) < 4.78 is 5.41. The molecule has 0 aromatic rings. The van der Waals surface area contributed by atoms with E-state index in [4.69, 9.17) is 4.74 Å². The molecule has 1 fully saturated rings. The summed E-state index contributed by atoms with van der Waals surface area (Å²) in [6, 6.07) is 2.06. The number of hydrogen-bond donors (Lipinski definition) is 2. The molecule has 2 heterocycles. The lowest BCUT2D eigenvalue weighted by Gasteiger charge is -2.36. The summed E-state index contributed by atoms with van der Waals surface area (Å²) in [7, 11) is 0. The van der Waals surface area contributed by atoms with Gasteiger partial charge in [0.05, 0.1) is 6.04 Å². The summed E-state index contributed by atoms with van der Waals surface area (Å²) >= 11 is 0. The molecule has 26 heavy (non-hydrogen) atoms. The lowest BCUT2D eigenvalue weighted by molar-refractivity contribution is 0.0511. The topological polar surface area (TPSA) is 120 Å². The Labute approximate surface area is 152 Å². The predicted octanol–water partition coefficient (Wildman–Crippen LogP) is 2.75. The van der Waals surface area contributed by atoms with Gasteiger partial charge in [0.1, 0.15) is 18.0 Å². The Morgan fingerprint density at radius 2 is 2.08 bits per heavy atom. The van der Waals surface area contributed by atoms with Crippen LogP contribution >= 0.6 is 0 Å². The second kappa shape index (κ2) is 7.15. The van der Waals surface area contributed by atoms with Crippen LogP contribution in [0.5, 0.6) is 0 Å². The normalized spacial score (nSPS) is 15.5. The fraction of sp³-hybridized carbons (Fsp3) is 0.588. The van der Waals surface area contributed by atoms with Crippen LogP contribution in [0.25, 0.3) is 11.5 Å². The molecule has 0 atom stereocenters. The Bertz CT molecular complexity index is 783. The van der Waals surface area contributed by atoms with Crippen molar-refractivity contribution in [3.63, 3.8) is 0 Å². The van der Waals surface area contributed by atoms with Gasteiger partial charge < -0.3 is 9.72 Å². The summed E-state index contributed by atoms with van der Waals surface area (Å²) in [5, 5.41) is 11.0.